The molecule has 0 aliphatic carbocycles. The van der Waals surface area contributed by atoms with Crippen LogP contribution in [0.1, 0.15) is 36.7 Å². The molecule has 0 fully saturated rings. The minimum Gasteiger partial charge on any atom is -0.496 e. The van der Waals surface area contributed by atoms with Crippen molar-refractivity contribution in [3.63, 3.8) is 0 Å². The first-order valence-electron chi connectivity index (χ1n) is 6.47. The van der Waals surface area contributed by atoms with E-state index < -0.39 is 8.32 Å². The van der Waals surface area contributed by atoms with Gasteiger partial charge in [-0.3, -0.25) is 4.79 Å². The van der Waals surface area contributed by atoms with E-state index in [0.717, 1.165) is 11.8 Å². The molecular formula is C15H24O3Si. The molecular weight excluding hydrogens is 256 g/mol. The van der Waals surface area contributed by atoms with E-state index in [9.17, 15) is 4.79 Å². The van der Waals surface area contributed by atoms with E-state index in [4.69, 9.17) is 9.16 Å². The summed E-state index contributed by atoms with van der Waals surface area (Å²) in [5, 5.41) is 0.187. The van der Waals surface area contributed by atoms with Gasteiger partial charge in [0.2, 0.25) is 0 Å². The molecule has 106 valence electrons. The molecule has 19 heavy (non-hydrogen) atoms. The molecule has 0 atom stereocenters. The summed E-state index contributed by atoms with van der Waals surface area (Å²) in [4.78, 5) is 11.0. The first kappa shape index (κ1) is 15.9. The van der Waals surface area contributed by atoms with E-state index in [1.165, 1.54) is 0 Å². The number of methoxy groups -OCH3 is 1. The molecule has 0 saturated heterocycles. The van der Waals surface area contributed by atoms with Crippen LogP contribution in [-0.4, -0.2) is 21.7 Å². The van der Waals surface area contributed by atoms with Crippen LogP contribution in [0.3, 0.4) is 0 Å². The first-order valence-corrected chi connectivity index (χ1v) is 9.38. The minimum atomic E-state index is -1.76. The van der Waals surface area contributed by atoms with Gasteiger partial charge in [-0.05, 0) is 35.8 Å². The van der Waals surface area contributed by atoms with Crippen LogP contribution in [0, 0.1) is 0 Å². The Morgan fingerprint density at radius 2 is 1.89 bits per heavy atom. The van der Waals surface area contributed by atoms with E-state index in [1.54, 1.807) is 7.11 Å². The lowest BCUT2D eigenvalue weighted by molar-refractivity contribution is 0.112. The van der Waals surface area contributed by atoms with Crippen LogP contribution >= 0.6 is 0 Å². The lowest BCUT2D eigenvalue weighted by Gasteiger charge is -2.36. The van der Waals surface area contributed by atoms with Crippen molar-refractivity contribution in [2.75, 3.05) is 7.11 Å². The maximum Gasteiger partial charge on any atom is 0.192 e. The number of carbonyl (C=O) groups excluding carboxylic acids is 1. The van der Waals surface area contributed by atoms with Crippen molar-refractivity contribution in [2.24, 2.45) is 0 Å². The smallest absolute Gasteiger partial charge is 0.192 e. The molecule has 1 rings (SSSR count). The van der Waals surface area contributed by atoms with E-state index in [1.807, 2.05) is 18.2 Å². The van der Waals surface area contributed by atoms with Gasteiger partial charge in [0.25, 0.3) is 0 Å². The molecule has 0 heterocycles. The fraction of sp³-hybridized carbons (Fsp3) is 0.533. The minimum absolute atomic E-state index is 0.187. The topological polar surface area (TPSA) is 35.5 Å². The summed E-state index contributed by atoms with van der Waals surface area (Å²) < 4.78 is 11.3. The fourth-order valence-corrected chi connectivity index (χ4v) is 2.41. The average Bonchev–Trinajstić information content (AvgIpc) is 2.34. The number of carbonyl (C=O) groups is 1. The van der Waals surface area contributed by atoms with Crippen LogP contribution in [0.4, 0.5) is 0 Å². The van der Waals surface area contributed by atoms with Crippen molar-refractivity contribution in [2.45, 2.75) is 45.5 Å². The van der Waals surface area contributed by atoms with Crippen molar-refractivity contribution in [3.8, 4) is 5.75 Å². The number of hydrogen-bond donors (Lipinski definition) is 0. The van der Waals surface area contributed by atoms with Gasteiger partial charge in [-0.2, -0.15) is 0 Å². The van der Waals surface area contributed by atoms with Crippen molar-refractivity contribution in [1.29, 1.82) is 0 Å². The largest absolute Gasteiger partial charge is 0.496 e. The quantitative estimate of drug-likeness (QED) is 0.603. The Labute approximate surface area is 117 Å². The van der Waals surface area contributed by atoms with E-state index in [-0.39, 0.29) is 5.04 Å². The zero-order valence-electron chi connectivity index (χ0n) is 12.7. The van der Waals surface area contributed by atoms with Crippen LogP contribution in [0.5, 0.6) is 5.75 Å². The highest BCUT2D eigenvalue weighted by Crippen LogP contribution is 2.37. The van der Waals surface area contributed by atoms with Crippen molar-refractivity contribution >= 4 is 14.6 Å². The molecule has 0 saturated carbocycles. The average molecular weight is 280 g/mol. The van der Waals surface area contributed by atoms with Gasteiger partial charge < -0.3 is 9.16 Å². The summed E-state index contributed by atoms with van der Waals surface area (Å²) in [5.41, 5.74) is 1.58. The van der Waals surface area contributed by atoms with Crippen molar-refractivity contribution < 1.29 is 14.0 Å². The third-order valence-corrected chi connectivity index (χ3v) is 8.31. The maximum atomic E-state index is 11.0. The van der Waals surface area contributed by atoms with E-state index >= 15 is 0 Å². The van der Waals surface area contributed by atoms with Crippen LogP contribution in [0.15, 0.2) is 18.2 Å². The highest BCUT2D eigenvalue weighted by atomic mass is 28.4. The zero-order chi connectivity index (χ0) is 14.7. The van der Waals surface area contributed by atoms with E-state index in [2.05, 4.69) is 33.9 Å². The standard InChI is InChI=1S/C15H24O3Si/c1-15(2,3)19(5,6)18-11-12-7-8-14(17-4)13(9-12)10-16/h7-10H,11H2,1-6H3. The predicted molar refractivity (Wildman–Crippen MR) is 80.4 cm³/mol. The number of ether oxygens (including phenoxy) is 1. The highest BCUT2D eigenvalue weighted by Gasteiger charge is 2.37. The molecule has 0 aliphatic heterocycles. The van der Waals surface area contributed by atoms with Gasteiger partial charge in [-0.15, -0.1) is 0 Å². The first-order chi connectivity index (χ1) is 8.71. The Bertz CT molecular complexity index is 447. The highest BCUT2D eigenvalue weighted by molar-refractivity contribution is 6.74. The van der Waals surface area contributed by atoms with Crippen molar-refractivity contribution in [3.05, 3.63) is 29.3 Å². The molecule has 1 aromatic carbocycles. The number of rotatable bonds is 5. The molecule has 0 N–H and O–H groups in total. The van der Waals surface area contributed by atoms with Gasteiger partial charge in [0.15, 0.2) is 14.6 Å². The molecule has 4 heteroatoms. The van der Waals surface area contributed by atoms with Crippen LogP contribution in [0.2, 0.25) is 18.1 Å². The Morgan fingerprint density at radius 3 is 2.37 bits per heavy atom. The molecule has 0 aromatic heterocycles. The Balaban J connectivity index is 2.82. The Morgan fingerprint density at radius 1 is 1.26 bits per heavy atom. The Hall–Kier alpha value is -1.13. The normalized spacial score (nSPS) is 12.3. The number of hydrogen-bond acceptors (Lipinski definition) is 3. The summed E-state index contributed by atoms with van der Waals surface area (Å²) in [5.74, 6) is 0.603. The molecule has 0 radical (unpaired) electrons. The summed E-state index contributed by atoms with van der Waals surface area (Å²) in [7, 11) is -0.193. The van der Waals surface area contributed by atoms with Crippen LogP contribution < -0.4 is 4.74 Å². The summed E-state index contributed by atoms with van der Waals surface area (Å²) in [6.45, 7) is 11.6. The van der Waals surface area contributed by atoms with Crippen LogP contribution in [0.25, 0.3) is 0 Å². The molecule has 0 bridgehead atoms. The van der Waals surface area contributed by atoms with Gasteiger partial charge in [0.1, 0.15) is 5.75 Å². The van der Waals surface area contributed by atoms with Gasteiger partial charge in [0.05, 0.1) is 19.3 Å². The van der Waals surface area contributed by atoms with E-state index in [0.29, 0.717) is 17.9 Å². The SMILES string of the molecule is COc1ccc(CO[Si](C)(C)C(C)(C)C)cc1C=O. The summed E-state index contributed by atoms with van der Waals surface area (Å²) in [6.07, 6.45) is 0.814. The summed E-state index contributed by atoms with van der Waals surface area (Å²) >= 11 is 0. The van der Waals surface area contributed by atoms with Crippen molar-refractivity contribution in [1.82, 2.24) is 0 Å². The monoisotopic (exact) mass is 280 g/mol. The van der Waals surface area contributed by atoms with Gasteiger partial charge in [-0.1, -0.05) is 26.8 Å². The van der Waals surface area contributed by atoms with Gasteiger partial charge in [0, 0.05) is 0 Å². The lowest BCUT2D eigenvalue weighted by Crippen LogP contribution is -2.40. The van der Waals surface area contributed by atoms with Gasteiger partial charge >= 0.3 is 0 Å². The fourth-order valence-electron chi connectivity index (χ4n) is 1.45. The zero-order valence-corrected chi connectivity index (χ0v) is 13.7. The van der Waals surface area contributed by atoms with Gasteiger partial charge in [-0.25, -0.2) is 0 Å². The molecule has 3 nitrogen and oxygen atoms in total. The number of aldehydes is 1. The predicted octanol–water partition coefficient (Wildman–Crippen LogP) is 4.03. The third-order valence-electron chi connectivity index (χ3n) is 3.83. The number of benzene rings is 1. The third kappa shape index (κ3) is 3.91. The Kier molecular flexibility index (Phi) is 4.93. The second-order valence-corrected chi connectivity index (χ2v) is 11.1. The molecule has 0 aliphatic rings. The lowest BCUT2D eigenvalue weighted by atomic mass is 10.1. The maximum absolute atomic E-state index is 11.0. The molecule has 1 aromatic rings. The van der Waals surface area contributed by atoms with Crippen LogP contribution in [-0.2, 0) is 11.0 Å². The second-order valence-electron chi connectivity index (χ2n) is 6.24. The second kappa shape index (κ2) is 5.88. The molecule has 0 spiro atoms. The molecule has 0 amide bonds. The molecule has 0 unspecified atom stereocenters. The summed E-state index contributed by atoms with van der Waals surface area (Å²) in [6, 6.07) is 5.59.